The molecule has 5 N–H and O–H groups in total. The van der Waals surface area contributed by atoms with Gasteiger partial charge in [0.05, 0.1) is 17.3 Å². The summed E-state index contributed by atoms with van der Waals surface area (Å²) in [6, 6.07) is 5.27. The molecule has 31 heavy (non-hydrogen) atoms. The SMILES string of the molecule is Cc1[nH]c(/C=C2\C(=O)Nc3ccc(Cl)cc32)c(C)c1C(=O)NCCCn1ccnn1.O. The highest BCUT2D eigenvalue weighted by molar-refractivity contribution is 6.36. The van der Waals surface area contributed by atoms with Gasteiger partial charge >= 0.3 is 0 Å². The fourth-order valence-corrected chi connectivity index (χ4v) is 3.76. The fraction of sp³-hybridized carbons (Fsp3) is 0.238. The second kappa shape index (κ2) is 9.15. The van der Waals surface area contributed by atoms with Gasteiger partial charge in [-0.25, -0.2) is 0 Å². The van der Waals surface area contributed by atoms with Gasteiger partial charge in [0.2, 0.25) is 0 Å². The number of H-pyrrole nitrogens is 1. The molecule has 1 aromatic carbocycles. The van der Waals surface area contributed by atoms with Gasteiger partial charge in [-0.1, -0.05) is 16.8 Å². The van der Waals surface area contributed by atoms with Gasteiger partial charge in [-0.3, -0.25) is 14.3 Å². The number of amides is 2. The van der Waals surface area contributed by atoms with Gasteiger partial charge in [0, 0.05) is 46.9 Å². The molecule has 162 valence electrons. The molecule has 2 aromatic heterocycles. The van der Waals surface area contributed by atoms with Crippen molar-refractivity contribution < 1.29 is 15.1 Å². The van der Waals surface area contributed by atoms with Gasteiger partial charge < -0.3 is 21.1 Å². The molecule has 3 aromatic rings. The van der Waals surface area contributed by atoms with E-state index in [0.29, 0.717) is 29.2 Å². The third-order valence-electron chi connectivity index (χ3n) is 5.08. The molecule has 0 spiro atoms. The molecular formula is C21H23ClN6O3. The summed E-state index contributed by atoms with van der Waals surface area (Å²) in [5.41, 5.74) is 4.83. The quantitative estimate of drug-likeness (QED) is 0.398. The van der Waals surface area contributed by atoms with Gasteiger partial charge in [0.25, 0.3) is 11.8 Å². The molecule has 0 bridgehead atoms. The fourth-order valence-electron chi connectivity index (χ4n) is 3.59. The van der Waals surface area contributed by atoms with Crippen LogP contribution in [0.25, 0.3) is 11.6 Å². The van der Waals surface area contributed by atoms with Crippen molar-refractivity contribution in [3.8, 4) is 0 Å². The molecule has 3 heterocycles. The summed E-state index contributed by atoms with van der Waals surface area (Å²) in [5.74, 6) is -0.346. The number of nitrogens with zero attached hydrogens (tertiary/aromatic N) is 3. The van der Waals surface area contributed by atoms with E-state index in [2.05, 4.69) is 25.9 Å². The Kier molecular flexibility index (Phi) is 6.57. The van der Waals surface area contributed by atoms with Gasteiger partial charge in [0.15, 0.2) is 0 Å². The minimum absolute atomic E-state index is 0. The molecule has 4 rings (SSSR count). The van der Waals surface area contributed by atoms with Crippen LogP contribution in [0.4, 0.5) is 5.69 Å². The molecule has 10 heteroatoms. The van der Waals surface area contributed by atoms with Crippen molar-refractivity contribution in [2.45, 2.75) is 26.8 Å². The Morgan fingerprint density at radius 2 is 2.13 bits per heavy atom. The molecule has 0 saturated heterocycles. The highest BCUT2D eigenvalue weighted by atomic mass is 35.5. The summed E-state index contributed by atoms with van der Waals surface area (Å²) in [5, 5.41) is 14.0. The number of halogens is 1. The largest absolute Gasteiger partial charge is 0.412 e. The van der Waals surface area contributed by atoms with E-state index in [4.69, 9.17) is 11.6 Å². The van der Waals surface area contributed by atoms with Crippen LogP contribution in [0.2, 0.25) is 5.02 Å². The molecule has 0 radical (unpaired) electrons. The lowest BCUT2D eigenvalue weighted by atomic mass is 10.0. The van der Waals surface area contributed by atoms with Crippen LogP contribution >= 0.6 is 11.6 Å². The first kappa shape index (κ1) is 22.3. The lowest BCUT2D eigenvalue weighted by molar-refractivity contribution is -0.110. The number of carbonyl (C=O) groups excluding carboxylic acids is 2. The van der Waals surface area contributed by atoms with E-state index in [1.165, 1.54) is 0 Å². The van der Waals surface area contributed by atoms with Gasteiger partial charge in [-0.05, 0) is 50.1 Å². The third-order valence-corrected chi connectivity index (χ3v) is 5.31. The molecule has 2 amide bonds. The van der Waals surface area contributed by atoms with Crippen LogP contribution < -0.4 is 10.6 Å². The highest BCUT2D eigenvalue weighted by Crippen LogP contribution is 2.35. The summed E-state index contributed by atoms with van der Waals surface area (Å²) in [6.45, 7) is 4.91. The predicted molar refractivity (Wildman–Crippen MR) is 119 cm³/mol. The number of carbonyl (C=O) groups is 2. The second-order valence-electron chi connectivity index (χ2n) is 7.14. The molecule has 1 aliphatic rings. The minimum Gasteiger partial charge on any atom is -0.412 e. The van der Waals surface area contributed by atoms with E-state index in [-0.39, 0.29) is 17.3 Å². The van der Waals surface area contributed by atoms with Crippen molar-refractivity contribution in [3.63, 3.8) is 0 Å². The lowest BCUT2D eigenvalue weighted by Gasteiger charge is -2.06. The second-order valence-corrected chi connectivity index (χ2v) is 7.58. The number of hydrogen-bond acceptors (Lipinski definition) is 4. The number of hydrogen-bond donors (Lipinski definition) is 3. The van der Waals surface area contributed by atoms with Crippen LogP contribution in [-0.2, 0) is 11.3 Å². The maximum atomic E-state index is 12.7. The number of aromatic amines is 1. The molecule has 0 atom stereocenters. The van der Waals surface area contributed by atoms with Crippen LogP contribution in [0.1, 0.15) is 39.3 Å². The van der Waals surface area contributed by atoms with E-state index in [0.717, 1.165) is 34.6 Å². The summed E-state index contributed by atoms with van der Waals surface area (Å²) in [7, 11) is 0. The van der Waals surface area contributed by atoms with Crippen LogP contribution in [0, 0.1) is 13.8 Å². The van der Waals surface area contributed by atoms with Crippen molar-refractivity contribution in [2.75, 3.05) is 11.9 Å². The van der Waals surface area contributed by atoms with Crippen molar-refractivity contribution in [1.29, 1.82) is 0 Å². The number of rotatable bonds is 6. The zero-order valence-electron chi connectivity index (χ0n) is 17.1. The van der Waals surface area contributed by atoms with Crippen molar-refractivity contribution in [1.82, 2.24) is 25.3 Å². The van der Waals surface area contributed by atoms with Crippen LogP contribution in [0.5, 0.6) is 0 Å². The zero-order valence-corrected chi connectivity index (χ0v) is 17.9. The van der Waals surface area contributed by atoms with Crippen LogP contribution in [-0.4, -0.2) is 43.8 Å². The van der Waals surface area contributed by atoms with E-state index >= 15 is 0 Å². The Labute approximate surface area is 183 Å². The zero-order chi connectivity index (χ0) is 21.3. The number of nitrogens with one attached hydrogen (secondary N) is 3. The molecule has 1 aliphatic heterocycles. The summed E-state index contributed by atoms with van der Waals surface area (Å²) >= 11 is 6.10. The first-order valence-corrected chi connectivity index (χ1v) is 9.96. The third kappa shape index (κ3) is 4.52. The molecular weight excluding hydrogens is 420 g/mol. The van der Waals surface area contributed by atoms with Crippen molar-refractivity contribution in [3.05, 3.63) is 63.7 Å². The minimum atomic E-state index is -0.196. The van der Waals surface area contributed by atoms with E-state index in [1.807, 2.05) is 13.8 Å². The smallest absolute Gasteiger partial charge is 0.256 e. The summed E-state index contributed by atoms with van der Waals surface area (Å²) < 4.78 is 1.72. The maximum absolute atomic E-state index is 12.7. The van der Waals surface area contributed by atoms with Gasteiger partial charge in [0.1, 0.15) is 0 Å². The Bertz CT molecular complexity index is 1150. The van der Waals surface area contributed by atoms with Crippen LogP contribution in [0.15, 0.2) is 30.6 Å². The standard InChI is InChI=1S/C21H21ClN6O2.H2O/c1-12-18(11-16-15-10-14(22)4-5-17(15)26-20(16)29)25-13(2)19(12)21(30)23-6-3-8-28-9-7-24-27-28;/h4-5,7,9-11,25H,3,6,8H2,1-2H3,(H,23,30)(H,26,29);1H2/b16-11-;. The Morgan fingerprint density at radius 3 is 2.87 bits per heavy atom. The highest BCUT2D eigenvalue weighted by Gasteiger charge is 2.25. The number of anilines is 1. The van der Waals surface area contributed by atoms with Crippen molar-refractivity contribution in [2.24, 2.45) is 0 Å². The van der Waals surface area contributed by atoms with Gasteiger partial charge in [-0.15, -0.1) is 5.10 Å². The number of aromatic nitrogens is 4. The lowest BCUT2D eigenvalue weighted by Crippen LogP contribution is -2.26. The summed E-state index contributed by atoms with van der Waals surface area (Å²) in [4.78, 5) is 28.4. The molecule has 9 nitrogen and oxygen atoms in total. The summed E-state index contributed by atoms with van der Waals surface area (Å²) in [6.07, 6.45) is 5.91. The normalized spacial score (nSPS) is 13.6. The average Bonchev–Trinajstić information content (AvgIpc) is 3.39. The first-order valence-electron chi connectivity index (χ1n) is 9.58. The molecule has 0 saturated carbocycles. The monoisotopic (exact) mass is 442 g/mol. The Hall–Kier alpha value is -3.43. The van der Waals surface area contributed by atoms with E-state index in [9.17, 15) is 9.59 Å². The van der Waals surface area contributed by atoms with Crippen LogP contribution in [0.3, 0.4) is 0 Å². The number of fused-ring (bicyclic) bond motifs is 1. The molecule has 0 aliphatic carbocycles. The average molecular weight is 443 g/mol. The Balaban J connectivity index is 0.00000272. The van der Waals surface area contributed by atoms with Crippen molar-refractivity contribution >= 4 is 40.8 Å². The molecule has 0 fully saturated rings. The van der Waals surface area contributed by atoms with E-state index < -0.39 is 0 Å². The predicted octanol–water partition coefficient (Wildman–Crippen LogP) is 2.36. The Morgan fingerprint density at radius 1 is 1.32 bits per heavy atom. The molecule has 0 unspecified atom stereocenters. The van der Waals surface area contributed by atoms with Gasteiger partial charge in [-0.2, -0.15) is 0 Å². The topological polar surface area (TPSA) is 136 Å². The first-order chi connectivity index (χ1) is 14.4. The number of aryl methyl sites for hydroxylation is 2. The maximum Gasteiger partial charge on any atom is 0.256 e. The number of benzene rings is 1. The van der Waals surface area contributed by atoms with E-state index in [1.54, 1.807) is 41.4 Å².